The molecule has 4 aromatic carbocycles. The number of rotatable bonds is 4. The minimum atomic E-state index is -0.461. The Morgan fingerprint density at radius 1 is 0.568 bits per heavy atom. The number of hydrazone groups is 1. The summed E-state index contributed by atoms with van der Waals surface area (Å²) in [7, 11) is 0. The highest BCUT2D eigenvalue weighted by Crippen LogP contribution is 2.34. The fourth-order valence-corrected chi connectivity index (χ4v) is 4.96. The van der Waals surface area contributed by atoms with E-state index in [0.29, 0.717) is 27.2 Å². The predicted octanol–water partition coefficient (Wildman–Crippen LogP) is 6.27. The van der Waals surface area contributed by atoms with Gasteiger partial charge < -0.3 is 0 Å². The van der Waals surface area contributed by atoms with Crippen molar-refractivity contribution in [2.75, 3.05) is 4.90 Å². The first-order valence-electron chi connectivity index (χ1n) is 11.6. The number of para-hydroxylation sites is 3. The van der Waals surface area contributed by atoms with Crippen molar-refractivity contribution in [1.82, 2.24) is 5.01 Å². The second-order valence-electron chi connectivity index (χ2n) is 8.15. The molecule has 0 saturated carbocycles. The molecular formula is C29H19N5O2S. The van der Waals surface area contributed by atoms with Crippen molar-refractivity contribution in [3.05, 3.63) is 126 Å². The molecule has 2 amide bonds. The summed E-state index contributed by atoms with van der Waals surface area (Å²) in [4.78, 5) is 37.8. The van der Waals surface area contributed by atoms with Crippen molar-refractivity contribution >= 4 is 56.7 Å². The monoisotopic (exact) mass is 501 g/mol. The van der Waals surface area contributed by atoms with E-state index in [1.54, 1.807) is 24.3 Å². The molecule has 0 N–H and O–H groups in total. The number of fused-ring (bicyclic) bond motifs is 1. The zero-order valence-corrected chi connectivity index (χ0v) is 20.2. The van der Waals surface area contributed by atoms with Crippen LogP contribution in [-0.4, -0.2) is 32.9 Å². The van der Waals surface area contributed by atoms with Gasteiger partial charge in [0.05, 0.1) is 22.5 Å². The first-order chi connectivity index (χ1) is 18.2. The van der Waals surface area contributed by atoms with Crippen LogP contribution in [0.15, 0.2) is 130 Å². The largest absolute Gasteiger partial charge is 0.282 e. The van der Waals surface area contributed by atoms with Crippen molar-refractivity contribution in [3.63, 3.8) is 0 Å². The van der Waals surface area contributed by atoms with Crippen LogP contribution in [0.1, 0.15) is 20.7 Å². The highest BCUT2D eigenvalue weighted by atomic mass is 32.2. The number of benzene rings is 4. The van der Waals surface area contributed by atoms with Crippen LogP contribution in [0.3, 0.4) is 0 Å². The molecule has 0 atom stereocenters. The summed E-state index contributed by atoms with van der Waals surface area (Å²) in [6, 6.07) is 35.4. The Bertz CT molecular complexity index is 1550. The molecule has 1 fully saturated rings. The average molecular weight is 502 g/mol. The Morgan fingerprint density at radius 2 is 1.05 bits per heavy atom. The van der Waals surface area contributed by atoms with E-state index in [9.17, 15) is 9.59 Å². The summed E-state index contributed by atoms with van der Waals surface area (Å²) >= 11 is 1.25. The first kappa shape index (κ1) is 22.6. The Labute approximate surface area is 217 Å². The van der Waals surface area contributed by atoms with Crippen LogP contribution in [0.5, 0.6) is 0 Å². The van der Waals surface area contributed by atoms with Crippen molar-refractivity contribution in [2.45, 2.75) is 0 Å². The quantitative estimate of drug-likeness (QED) is 0.309. The number of imide groups is 1. The van der Waals surface area contributed by atoms with E-state index in [1.165, 1.54) is 11.8 Å². The Hall–Kier alpha value is -4.82. The van der Waals surface area contributed by atoms with E-state index in [4.69, 9.17) is 9.98 Å². The van der Waals surface area contributed by atoms with Gasteiger partial charge in [-0.25, -0.2) is 9.98 Å². The predicted molar refractivity (Wildman–Crippen MR) is 148 cm³/mol. The van der Waals surface area contributed by atoms with Gasteiger partial charge in [0.25, 0.3) is 11.8 Å². The van der Waals surface area contributed by atoms with Gasteiger partial charge in [-0.2, -0.15) is 5.01 Å². The number of anilines is 1. The molecule has 2 aliphatic rings. The van der Waals surface area contributed by atoms with Gasteiger partial charge in [0.15, 0.2) is 5.84 Å². The lowest BCUT2D eigenvalue weighted by atomic mass is 10.1. The first-order valence-corrected chi connectivity index (χ1v) is 12.4. The molecule has 7 nitrogen and oxygen atoms in total. The number of carbonyl (C=O) groups is 2. The van der Waals surface area contributed by atoms with Crippen molar-refractivity contribution in [3.8, 4) is 0 Å². The maximum absolute atomic E-state index is 13.1. The zero-order valence-electron chi connectivity index (χ0n) is 19.4. The van der Waals surface area contributed by atoms with Gasteiger partial charge in [0, 0.05) is 5.69 Å². The third-order valence-corrected chi connectivity index (χ3v) is 6.65. The minimum absolute atomic E-state index is 0.336. The van der Waals surface area contributed by atoms with Crippen LogP contribution in [0.25, 0.3) is 0 Å². The molecule has 0 aliphatic carbocycles. The van der Waals surface area contributed by atoms with Crippen LogP contribution in [0.4, 0.5) is 17.1 Å². The maximum Gasteiger partial charge on any atom is 0.282 e. The van der Waals surface area contributed by atoms with Crippen LogP contribution in [-0.2, 0) is 0 Å². The Morgan fingerprint density at radius 3 is 1.62 bits per heavy atom. The molecule has 0 bridgehead atoms. The van der Waals surface area contributed by atoms with Gasteiger partial charge in [-0.3, -0.25) is 14.5 Å². The number of aliphatic imine (C=N–C) groups is 2. The van der Waals surface area contributed by atoms with E-state index in [2.05, 4.69) is 5.10 Å². The highest BCUT2D eigenvalue weighted by Gasteiger charge is 2.40. The van der Waals surface area contributed by atoms with E-state index in [-0.39, 0.29) is 0 Å². The van der Waals surface area contributed by atoms with Crippen LogP contribution in [0.2, 0.25) is 0 Å². The summed E-state index contributed by atoms with van der Waals surface area (Å²) in [5, 5.41) is 6.48. The molecule has 6 rings (SSSR count). The normalized spacial score (nSPS) is 18.3. The molecule has 0 spiro atoms. The molecular weight excluding hydrogens is 482 g/mol. The Balaban J connectivity index is 1.52. The average Bonchev–Trinajstić information content (AvgIpc) is 3.40. The minimum Gasteiger partial charge on any atom is -0.269 e. The third-order valence-electron chi connectivity index (χ3n) is 5.73. The fourth-order valence-electron chi connectivity index (χ4n) is 4.01. The number of hydrogen-bond donors (Lipinski definition) is 0. The molecule has 0 aromatic heterocycles. The van der Waals surface area contributed by atoms with E-state index in [1.807, 2.05) is 95.9 Å². The molecule has 8 heteroatoms. The van der Waals surface area contributed by atoms with Gasteiger partial charge in [-0.1, -0.05) is 66.7 Å². The second kappa shape index (κ2) is 9.67. The molecule has 1 saturated heterocycles. The molecule has 37 heavy (non-hydrogen) atoms. The van der Waals surface area contributed by atoms with E-state index >= 15 is 0 Å². The summed E-state index contributed by atoms with van der Waals surface area (Å²) in [6.45, 7) is 0. The molecule has 2 heterocycles. The number of amides is 2. The van der Waals surface area contributed by atoms with Crippen LogP contribution in [0, 0.1) is 0 Å². The molecule has 4 aromatic rings. The number of carbonyl (C=O) groups excluding carboxylic acids is 2. The van der Waals surface area contributed by atoms with Gasteiger partial charge >= 0.3 is 0 Å². The fraction of sp³-hybridized carbons (Fsp3) is 0. The summed E-state index contributed by atoms with van der Waals surface area (Å²) < 4.78 is 0. The van der Waals surface area contributed by atoms with E-state index in [0.717, 1.165) is 22.1 Å². The molecule has 0 unspecified atom stereocenters. The van der Waals surface area contributed by atoms with Crippen molar-refractivity contribution < 1.29 is 9.59 Å². The molecule has 2 aliphatic heterocycles. The van der Waals surface area contributed by atoms with Crippen molar-refractivity contribution in [2.24, 2.45) is 15.1 Å². The lowest BCUT2D eigenvalue weighted by molar-refractivity contribution is 0.0659. The second-order valence-corrected chi connectivity index (χ2v) is 9.10. The topological polar surface area (TPSA) is 77.7 Å². The van der Waals surface area contributed by atoms with Gasteiger partial charge in [-0.05, 0) is 60.3 Å². The zero-order chi connectivity index (χ0) is 25.2. The molecule has 178 valence electrons. The summed E-state index contributed by atoms with van der Waals surface area (Å²) in [6.07, 6.45) is 0. The standard InChI is InChI=1S/C29H19N5O2S/c35-27-23-18-10-11-19-24(23)28(36)34(27)32-29-33(22-16-8-3-9-17-22)25(30-20-12-4-1-5-13-20)26(37-29)31-21-14-6-2-7-15-21/h1-19H/b30-25?,31-26?,32-29-. The van der Waals surface area contributed by atoms with Gasteiger partial charge in [-0.15, -0.1) is 5.10 Å². The van der Waals surface area contributed by atoms with Gasteiger partial charge in [0.1, 0.15) is 5.04 Å². The number of nitrogens with zero attached hydrogens (tertiary/aromatic N) is 5. The summed E-state index contributed by atoms with van der Waals surface area (Å²) in [5.41, 5.74) is 2.94. The lowest BCUT2D eigenvalue weighted by Gasteiger charge is -2.19. The summed E-state index contributed by atoms with van der Waals surface area (Å²) in [5.74, 6) is -0.380. The smallest absolute Gasteiger partial charge is 0.269 e. The third kappa shape index (κ3) is 4.34. The number of thioether (sulfide) groups is 1. The van der Waals surface area contributed by atoms with E-state index < -0.39 is 11.8 Å². The maximum atomic E-state index is 13.1. The highest BCUT2D eigenvalue weighted by molar-refractivity contribution is 8.29. The molecule has 0 radical (unpaired) electrons. The van der Waals surface area contributed by atoms with Crippen LogP contribution >= 0.6 is 11.8 Å². The van der Waals surface area contributed by atoms with Crippen LogP contribution < -0.4 is 4.90 Å². The Kier molecular flexibility index (Phi) is 5.92. The SMILES string of the molecule is O=C1c2ccccc2C(=O)N1/N=C1\SC(=Nc2ccccc2)C(=Nc2ccccc2)N1c1ccccc1. The van der Waals surface area contributed by atoms with Crippen molar-refractivity contribution in [1.29, 1.82) is 0 Å². The lowest BCUT2D eigenvalue weighted by Crippen LogP contribution is -2.34. The van der Waals surface area contributed by atoms with Gasteiger partial charge in [0.2, 0.25) is 5.17 Å². The number of amidine groups is 2. The number of hydrogen-bond acceptors (Lipinski definition) is 6.